The van der Waals surface area contributed by atoms with Gasteiger partial charge in [0.05, 0.1) is 17.7 Å². The molecule has 0 atom stereocenters. The first kappa shape index (κ1) is 14.3. The molecule has 18 heavy (non-hydrogen) atoms. The number of ether oxygens (including phenoxy) is 1. The highest BCUT2D eigenvalue weighted by atomic mass is 32.2. The molecule has 1 rings (SSSR count). The highest BCUT2D eigenvalue weighted by Crippen LogP contribution is 2.27. The van der Waals surface area contributed by atoms with E-state index >= 15 is 0 Å². The average Bonchev–Trinajstić information content (AvgIpc) is 2.27. The van der Waals surface area contributed by atoms with Crippen LogP contribution in [-0.4, -0.2) is 40.6 Å². The number of amides is 2. The quantitative estimate of drug-likeness (QED) is 0.834. The SMILES string of the molecule is COc1ccc(S(N)(=O)=O)cc1NC(=O)N(C)C. The molecule has 0 heterocycles. The molecule has 0 radical (unpaired) electrons. The molecule has 7 nitrogen and oxygen atoms in total. The summed E-state index contributed by atoms with van der Waals surface area (Å²) >= 11 is 0. The second kappa shape index (κ2) is 5.23. The number of hydrogen-bond acceptors (Lipinski definition) is 4. The molecule has 100 valence electrons. The lowest BCUT2D eigenvalue weighted by molar-refractivity contribution is 0.230. The van der Waals surface area contributed by atoms with Crippen LogP contribution in [0.15, 0.2) is 23.1 Å². The Balaban J connectivity index is 3.19. The van der Waals surface area contributed by atoms with Gasteiger partial charge in [0, 0.05) is 14.1 Å². The van der Waals surface area contributed by atoms with Crippen molar-refractivity contribution in [2.24, 2.45) is 5.14 Å². The summed E-state index contributed by atoms with van der Waals surface area (Å²) in [5.74, 6) is 0.345. The van der Waals surface area contributed by atoms with Crippen LogP contribution in [0.25, 0.3) is 0 Å². The van der Waals surface area contributed by atoms with E-state index in [0.29, 0.717) is 5.75 Å². The van der Waals surface area contributed by atoms with Crippen molar-refractivity contribution in [1.29, 1.82) is 0 Å². The third-order valence-electron chi connectivity index (χ3n) is 2.15. The lowest BCUT2D eigenvalue weighted by Crippen LogP contribution is -2.27. The Kier molecular flexibility index (Phi) is 4.15. The first-order chi connectivity index (χ1) is 8.25. The van der Waals surface area contributed by atoms with Crippen molar-refractivity contribution in [1.82, 2.24) is 4.90 Å². The molecule has 0 aromatic heterocycles. The Morgan fingerprint density at radius 1 is 1.39 bits per heavy atom. The molecule has 0 saturated heterocycles. The second-order valence-electron chi connectivity index (χ2n) is 3.73. The number of nitrogens with one attached hydrogen (secondary N) is 1. The molecular weight excluding hydrogens is 258 g/mol. The fourth-order valence-electron chi connectivity index (χ4n) is 1.19. The third kappa shape index (κ3) is 3.34. The molecule has 2 amide bonds. The molecule has 0 unspecified atom stereocenters. The Morgan fingerprint density at radius 3 is 2.44 bits per heavy atom. The highest BCUT2D eigenvalue weighted by molar-refractivity contribution is 7.89. The highest BCUT2D eigenvalue weighted by Gasteiger charge is 2.14. The van der Waals surface area contributed by atoms with Gasteiger partial charge >= 0.3 is 6.03 Å². The van der Waals surface area contributed by atoms with Crippen LogP contribution in [0.3, 0.4) is 0 Å². The maximum absolute atomic E-state index is 11.5. The largest absolute Gasteiger partial charge is 0.495 e. The lowest BCUT2D eigenvalue weighted by atomic mass is 10.3. The topological polar surface area (TPSA) is 102 Å². The molecule has 0 aliphatic heterocycles. The Labute approximate surface area is 106 Å². The zero-order chi connectivity index (χ0) is 13.9. The number of carbonyl (C=O) groups is 1. The van der Waals surface area contributed by atoms with Gasteiger partial charge in [0.15, 0.2) is 0 Å². The van der Waals surface area contributed by atoms with Crippen LogP contribution in [0.1, 0.15) is 0 Å². The van der Waals surface area contributed by atoms with Crippen LogP contribution >= 0.6 is 0 Å². The molecule has 3 N–H and O–H groups in total. The zero-order valence-corrected chi connectivity index (χ0v) is 11.1. The van der Waals surface area contributed by atoms with Gasteiger partial charge in [-0.3, -0.25) is 0 Å². The number of benzene rings is 1. The summed E-state index contributed by atoms with van der Waals surface area (Å²) in [6.45, 7) is 0. The smallest absolute Gasteiger partial charge is 0.321 e. The van der Waals surface area contributed by atoms with E-state index in [1.807, 2.05) is 0 Å². The van der Waals surface area contributed by atoms with E-state index in [2.05, 4.69) is 5.32 Å². The molecule has 0 aliphatic rings. The number of nitrogens with zero attached hydrogens (tertiary/aromatic N) is 1. The Bertz CT molecular complexity index is 554. The van der Waals surface area contributed by atoms with Crippen molar-refractivity contribution in [2.45, 2.75) is 4.90 Å². The van der Waals surface area contributed by atoms with Gasteiger partial charge in [0.25, 0.3) is 0 Å². The summed E-state index contributed by atoms with van der Waals surface area (Å²) in [6.07, 6.45) is 0. The minimum absolute atomic E-state index is 0.0997. The molecule has 0 fully saturated rings. The number of carbonyl (C=O) groups excluding carboxylic acids is 1. The number of rotatable bonds is 3. The molecule has 0 aliphatic carbocycles. The number of methoxy groups -OCH3 is 1. The molecule has 0 saturated carbocycles. The van der Waals surface area contributed by atoms with E-state index in [0.717, 1.165) is 0 Å². The van der Waals surface area contributed by atoms with Crippen molar-refractivity contribution < 1.29 is 17.9 Å². The molecule has 0 spiro atoms. The van der Waals surface area contributed by atoms with E-state index < -0.39 is 16.1 Å². The maximum Gasteiger partial charge on any atom is 0.321 e. The maximum atomic E-state index is 11.5. The minimum Gasteiger partial charge on any atom is -0.495 e. The number of primary sulfonamides is 1. The van der Waals surface area contributed by atoms with E-state index in [1.54, 1.807) is 14.1 Å². The van der Waals surface area contributed by atoms with Crippen molar-refractivity contribution in [3.05, 3.63) is 18.2 Å². The van der Waals surface area contributed by atoms with Crippen molar-refractivity contribution in [3.8, 4) is 5.75 Å². The van der Waals surface area contributed by atoms with E-state index in [-0.39, 0.29) is 10.6 Å². The summed E-state index contributed by atoms with van der Waals surface area (Å²) < 4.78 is 27.5. The van der Waals surface area contributed by atoms with Crippen molar-refractivity contribution in [3.63, 3.8) is 0 Å². The fraction of sp³-hybridized carbons (Fsp3) is 0.300. The van der Waals surface area contributed by atoms with Gasteiger partial charge in [0.2, 0.25) is 10.0 Å². The molecule has 0 bridgehead atoms. The van der Waals surface area contributed by atoms with Crippen LogP contribution < -0.4 is 15.2 Å². The fourth-order valence-corrected chi connectivity index (χ4v) is 1.73. The van der Waals surface area contributed by atoms with E-state index in [1.165, 1.54) is 30.2 Å². The predicted octanol–water partition coefficient (Wildman–Crippen LogP) is 0.436. The van der Waals surface area contributed by atoms with E-state index in [4.69, 9.17) is 9.88 Å². The zero-order valence-electron chi connectivity index (χ0n) is 10.3. The van der Waals surface area contributed by atoms with E-state index in [9.17, 15) is 13.2 Å². The number of urea groups is 1. The second-order valence-corrected chi connectivity index (χ2v) is 5.29. The van der Waals surface area contributed by atoms with Crippen LogP contribution in [0.4, 0.5) is 10.5 Å². The number of sulfonamides is 1. The summed E-state index contributed by atoms with van der Waals surface area (Å²) in [4.78, 5) is 12.7. The number of anilines is 1. The number of hydrogen-bond donors (Lipinski definition) is 2. The first-order valence-electron chi connectivity index (χ1n) is 4.95. The molecule has 1 aromatic carbocycles. The van der Waals surface area contributed by atoms with Gasteiger partial charge in [-0.1, -0.05) is 0 Å². The summed E-state index contributed by atoms with van der Waals surface area (Å²) in [5, 5.41) is 7.53. The molecule has 8 heteroatoms. The minimum atomic E-state index is -3.83. The summed E-state index contributed by atoms with van der Waals surface area (Å²) in [5.41, 5.74) is 0.239. The average molecular weight is 273 g/mol. The van der Waals surface area contributed by atoms with Gasteiger partial charge in [0.1, 0.15) is 5.75 Å². The standard InChI is InChI=1S/C10H15N3O4S/c1-13(2)10(14)12-8-6-7(18(11,15)16)4-5-9(8)17-3/h4-6H,1-3H3,(H,12,14)(H2,11,15,16). The van der Waals surface area contributed by atoms with Gasteiger partial charge in [-0.2, -0.15) is 0 Å². The summed E-state index contributed by atoms with van der Waals surface area (Å²) in [6, 6.07) is 3.57. The lowest BCUT2D eigenvalue weighted by Gasteiger charge is -2.15. The Morgan fingerprint density at radius 2 is 2.00 bits per heavy atom. The van der Waals surface area contributed by atoms with Crippen LogP contribution in [0, 0.1) is 0 Å². The van der Waals surface area contributed by atoms with Gasteiger partial charge < -0.3 is 15.0 Å². The summed E-state index contributed by atoms with van der Waals surface area (Å²) in [7, 11) is 0.709. The third-order valence-corrected chi connectivity index (χ3v) is 3.06. The van der Waals surface area contributed by atoms with Crippen molar-refractivity contribution >= 4 is 21.7 Å². The van der Waals surface area contributed by atoms with Crippen LogP contribution in [-0.2, 0) is 10.0 Å². The monoisotopic (exact) mass is 273 g/mol. The van der Waals surface area contributed by atoms with Gasteiger partial charge in [-0.25, -0.2) is 18.4 Å². The van der Waals surface area contributed by atoms with Gasteiger partial charge in [-0.15, -0.1) is 0 Å². The predicted molar refractivity (Wildman–Crippen MR) is 67.1 cm³/mol. The molecular formula is C10H15N3O4S. The van der Waals surface area contributed by atoms with Crippen LogP contribution in [0.5, 0.6) is 5.75 Å². The normalized spacial score (nSPS) is 10.9. The van der Waals surface area contributed by atoms with Crippen molar-refractivity contribution in [2.75, 3.05) is 26.5 Å². The molecule has 1 aromatic rings. The first-order valence-corrected chi connectivity index (χ1v) is 6.49. The number of nitrogens with two attached hydrogens (primary N) is 1. The van der Waals surface area contributed by atoms with Crippen LogP contribution in [0.2, 0.25) is 0 Å². The van der Waals surface area contributed by atoms with Gasteiger partial charge in [-0.05, 0) is 18.2 Å². The Hall–Kier alpha value is -1.80.